The molecule has 1 aromatic heterocycles. The molecule has 0 radical (unpaired) electrons. The first-order valence-electron chi connectivity index (χ1n) is 8.19. The molecule has 0 saturated heterocycles. The van der Waals surface area contributed by atoms with Gasteiger partial charge in [0.25, 0.3) is 5.91 Å². The summed E-state index contributed by atoms with van der Waals surface area (Å²) in [6.45, 7) is 2.63. The minimum atomic E-state index is -0.0421. The van der Waals surface area contributed by atoms with Crippen LogP contribution in [0.3, 0.4) is 0 Å². The second kappa shape index (κ2) is 7.21. The molecule has 25 heavy (non-hydrogen) atoms. The highest BCUT2D eigenvalue weighted by Crippen LogP contribution is 2.29. The molecule has 2 N–H and O–H groups in total. The van der Waals surface area contributed by atoms with Crippen LogP contribution in [0.2, 0.25) is 0 Å². The Labute approximate surface area is 147 Å². The molecule has 2 aromatic carbocycles. The van der Waals surface area contributed by atoms with Crippen LogP contribution in [0.1, 0.15) is 6.92 Å². The first-order chi connectivity index (χ1) is 12.1. The number of anilines is 1. The number of nitrogen functional groups attached to an aromatic ring is 1. The van der Waals surface area contributed by atoms with Crippen LogP contribution in [-0.4, -0.2) is 36.0 Å². The molecule has 0 aliphatic heterocycles. The minimum absolute atomic E-state index is 0.0328. The van der Waals surface area contributed by atoms with Gasteiger partial charge in [0.15, 0.2) is 6.61 Å². The quantitative estimate of drug-likeness (QED) is 0.776. The zero-order valence-electron chi connectivity index (χ0n) is 14.4. The van der Waals surface area contributed by atoms with Crippen LogP contribution in [0, 0.1) is 0 Å². The van der Waals surface area contributed by atoms with Crippen molar-refractivity contribution in [3.8, 4) is 16.9 Å². The predicted octanol–water partition coefficient (Wildman–Crippen LogP) is 3.34. The van der Waals surface area contributed by atoms with Gasteiger partial charge in [0.2, 0.25) is 0 Å². The van der Waals surface area contributed by atoms with E-state index in [0.29, 0.717) is 18.0 Å². The molecule has 0 atom stereocenters. The van der Waals surface area contributed by atoms with Gasteiger partial charge < -0.3 is 15.4 Å². The van der Waals surface area contributed by atoms with Crippen LogP contribution >= 0.6 is 0 Å². The number of hydrogen-bond donors (Lipinski definition) is 1. The molecular weight excluding hydrogens is 314 g/mol. The van der Waals surface area contributed by atoms with E-state index in [4.69, 9.17) is 10.5 Å². The van der Waals surface area contributed by atoms with Crippen molar-refractivity contribution in [1.29, 1.82) is 0 Å². The molecule has 1 heterocycles. The first-order valence-corrected chi connectivity index (χ1v) is 8.19. The number of nitrogens with zero attached hydrogens (tertiary/aromatic N) is 2. The maximum atomic E-state index is 11.9. The van der Waals surface area contributed by atoms with Crippen molar-refractivity contribution in [2.75, 3.05) is 25.9 Å². The summed E-state index contributed by atoms with van der Waals surface area (Å²) >= 11 is 0. The van der Waals surface area contributed by atoms with Crippen LogP contribution in [0.4, 0.5) is 5.69 Å². The lowest BCUT2D eigenvalue weighted by Crippen LogP contribution is -2.31. The molecule has 3 rings (SSSR count). The summed E-state index contributed by atoms with van der Waals surface area (Å²) in [4.78, 5) is 17.6. The summed E-state index contributed by atoms with van der Waals surface area (Å²) in [7, 11) is 1.76. The third kappa shape index (κ3) is 3.71. The smallest absolute Gasteiger partial charge is 0.260 e. The molecule has 0 bridgehead atoms. The Bertz CT molecular complexity index is 908. The lowest BCUT2D eigenvalue weighted by molar-refractivity contribution is -0.131. The van der Waals surface area contributed by atoms with Crippen LogP contribution < -0.4 is 10.5 Å². The minimum Gasteiger partial charge on any atom is -0.484 e. The summed E-state index contributed by atoms with van der Waals surface area (Å²) in [5.41, 5.74) is 8.63. The number of amides is 1. The summed E-state index contributed by atoms with van der Waals surface area (Å²) in [5.74, 6) is 0.626. The highest BCUT2D eigenvalue weighted by Gasteiger charge is 2.08. The second-order valence-corrected chi connectivity index (χ2v) is 5.88. The Morgan fingerprint density at radius 1 is 1.16 bits per heavy atom. The van der Waals surface area contributed by atoms with Gasteiger partial charge in [-0.3, -0.25) is 9.78 Å². The third-order valence-electron chi connectivity index (χ3n) is 4.24. The fourth-order valence-electron chi connectivity index (χ4n) is 2.56. The van der Waals surface area contributed by atoms with Crippen LogP contribution in [-0.2, 0) is 4.79 Å². The molecule has 3 aromatic rings. The fraction of sp³-hybridized carbons (Fsp3) is 0.200. The van der Waals surface area contributed by atoms with Crippen LogP contribution in [0.15, 0.2) is 54.9 Å². The summed E-state index contributed by atoms with van der Waals surface area (Å²) in [6.07, 6.45) is 3.44. The fourth-order valence-corrected chi connectivity index (χ4v) is 2.56. The van der Waals surface area contributed by atoms with Crippen molar-refractivity contribution in [3.05, 3.63) is 54.9 Å². The van der Waals surface area contributed by atoms with Gasteiger partial charge in [-0.1, -0.05) is 18.2 Å². The number of carbonyl (C=O) groups is 1. The third-order valence-corrected chi connectivity index (χ3v) is 4.24. The average molecular weight is 335 g/mol. The van der Waals surface area contributed by atoms with E-state index in [0.717, 1.165) is 21.9 Å². The molecule has 0 saturated carbocycles. The number of likely N-dealkylation sites (N-methyl/N-ethyl adjacent to an activating group) is 1. The van der Waals surface area contributed by atoms with Gasteiger partial charge in [0.1, 0.15) is 5.75 Å². The van der Waals surface area contributed by atoms with Gasteiger partial charge in [-0.15, -0.1) is 0 Å². The van der Waals surface area contributed by atoms with E-state index in [1.165, 1.54) is 0 Å². The van der Waals surface area contributed by atoms with E-state index < -0.39 is 0 Å². The van der Waals surface area contributed by atoms with Gasteiger partial charge in [0.05, 0.1) is 0 Å². The number of aromatic nitrogens is 1. The Kier molecular flexibility index (Phi) is 4.84. The molecule has 128 valence electrons. The number of rotatable bonds is 5. The van der Waals surface area contributed by atoms with E-state index >= 15 is 0 Å². The Morgan fingerprint density at radius 2 is 1.96 bits per heavy atom. The van der Waals surface area contributed by atoms with E-state index in [-0.39, 0.29) is 12.5 Å². The topological polar surface area (TPSA) is 68.5 Å². The second-order valence-electron chi connectivity index (χ2n) is 5.88. The summed E-state index contributed by atoms with van der Waals surface area (Å²) in [6, 6.07) is 13.7. The maximum absolute atomic E-state index is 11.9. The zero-order chi connectivity index (χ0) is 17.8. The average Bonchev–Trinajstić information content (AvgIpc) is 2.65. The van der Waals surface area contributed by atoms with Gasteiger partial charge in [-0.25, -0.2) is 0 Å². The number of pyridine rings is 1. The van der Waals surface area contributed by atoms with Gasteiger partial charge in [-0.05, 0) is 47.5 Å². The Hall–Kier alpha value is -3.08. The lowest BCUT2D eigenvalue weighted by atomic mass is 10.0. The number of benzene rings is 2. The van der Waals surface area contributed by atoms with Crippen LogP contribution in [0.5, 0.6) is 5.75 Å². The molecule has 5 nitrogen and oxygen atoms in total. The normalized spacial score (nSPS) is 10.6. The largest absolute Gasteiger partial charge is 0.484 e. The molecule has 0 aliphatic rings. The van der Waals surface area contributed by atoms with Gasteiger partial charge in [-0.2, -0.15) is 0 Å². The molecule has 1 amide bonds. The number of hydrogen-bond acceptors (Lipinski definition) is 4. The van der Waals surface area contributed by atoms with Gasteiger partial charge >= 0.3 is 0 Å². The predicted molar refractivity (Wildman–Crippen MR) is 100 cm³/mol. The van der Waals surface area contributed by atoms with E-state index in [9.17, 15) is 4.79 Å². The molecule has 0 spiro atoms. The molecule has 5 heteroatoms. The van der Waals surface area contributed by atoms with Crippen molar-refractivity contribution in [3.63, 3.8) is 0 Å². The molecular formula is C20H21N3O2. The first kappa shape index (κ1) is 16.8. The standard InChI is InChI=1S/C20H21N3O2/c1-3-23(2)20(24)13-25-17-7-6-14-4-5-15(10-16(14)11-17)18-12-22-9-8-19(18)21/h4-12H,3,13H2,1-2H3,(H2,21,22). The summed E-state index contributed by atoms with van der Waals surface area (Å²) in [5, 5.41) is 2.12. The maximum Gasteiger partial charge on any atom is 0.260 e. The Balaban J connectivity index is 1.86. The Morgan fingerprint density at radius 3 is 2.72 bits per heavy atom. The van der Waals surface area contributed by atoms with Crippen molar-refractivity contribution in [2.24, 2.45) is 0 Å². The van der Waals surface area contributed by atoms with Crippen LogP contribution in [0.25, 0.3) is 21.9 Å². The highest BCUT2D eigenvalue weighted by atomic mass is 16.5. The van der Waals surface area contributed by atoms with Gasteiger partial charge in [0, 0.05) is 37.2 Å². The monoisotopic (exact) mass is 335 g/mol. The van der Waals surface area contributed by atoms with Crippen molar-refractivity contribution < 1.29 is 9.53 Å². The van der Waals surface area contributed by atoms with E-state index in [2.05, 4.69) is 11.1 Å². The van der Waals surface area contributed by atoms with E-state index in [1.54, 1.807) is 30.4 Å². The SMILES string of the molecule is CCN(C)C(=O)COc1ccc2ccc(-c3cnccc3N)cc2c1. The van der Waals surface area contributed by atoms with E-state index in [1.807, 2.05) is 37.3 Å². The molecule has 0 fully saturated rings. The van der Waals surface area contributed by atoms with Crippen molar-refractivity contribution in [2.45, 2.75) is 6.92 Å². The summed E-state index contributed by atoms with van der Waals surface area (Å²) < 4.78 is 5.64. The number of nitrogens with two attached hydrogens (primary N) is 1. The van der Waals surface area contributed by atoms with Crippen molar-refractivity contribution >= 4 is 22.4 Å². The molecule has 0 unspecified atom stereocenters. The number of fused-ring (bicyclic) bond motifs is 1. The lowest BCUT2D eigenvalue weighted by Gasteiger charge is -2.15. The highest BCUT2D eigenvalue weighted by molar-refractivity contribution is 5.90. The zero-order valence-corrected chi connectivity index (χ0v) is 14.4. The molecule has 0 aliphatic carbocycles. The van der Waals surface area contributed by atoms with Crippen molar-refractivity contribution in [1.82, 2.24) is 9.88 Å². The number of carbonyl (C=O) groups excluding carboxylic acids is 1. The number of ether oxygens (including phenoxy) is 1.